The zero-order valence-corrected chi connectivity index (χ0v) is 7.55. The first kappa shape index (κ1) is 9.57. The van der Waals surface area contributed by atoms with Crippen LogP contribution in [0.3, 0.4) is 0 Å². The van der Waals surface area contributed by atoms with Crippen LogP contribution in [-0.2, 0) is 13.6 Å². The molecule has 1 unspecified atom stereocenters. The average Bonchev–Trinajstić information content (AvgIpc) is 2.43. The Morgan fingerprint density at radius 2 is 2.54 bits per heavy atom. The van der Waals surface area contributed by atoms with Crippen molar-refractivity contribution in [1.29, 1.82) is 0 Å². The SMILES string of the molecule is CC(O)c1cc(CN=[N+]=[N-])nn1C. The maximum absolute atomic E-state index is 9.28. The molecule has 0 spiro atoms. The van der Waals surface area contributed by atoms with E-state index in [9.17, 15) is 5.11 Å². The smallest absolute Gasteiger partial charge is 0.0928 e. The summed E-state index contributed by atoms with van der Waals surface area (Å²) in [5, 5.41) is 16.7. The largest absolute Gasteiger partial charge is 0.387 e. The first-order valence-corrected chi connectivity index (χ1v) is 3.87. The summed E-state index contributed by atoms with van der Waals surface area (Å²) < 4.78 is 1.58. The van der Waals surface area contributed by atoms with Crippen LogP contribution in [0.25, 0.3) is 10.4 Å². The molecule has 0 amide bonds. The van der Waals surface area contributed by atoms with Gasteiger partial charge in [0.1, 0.15) is 0 Å². The first-order chi connectivity index (χ1) is 6.15. The molecule has 0 aliphatic rings. The van der Waals surface area contributed by atoms with Crippen molar-refractivity contribution in [2.24, 2.45) is 12.2 Å². The normalized spacial score (nSPS) is 12.2. The lowest BCUT2D eigenvalue weighted by Crippen LogP contribution is -2.01. The molecule has 0 fully saturated rings. The molecule has 0 saturated carbocycles. The van der Waals surface area contributed by atoms with Crippen LogP contribution in [0.4, 0.5) is 0 Å². The van der Waals surface area contributed by atoms with Crippen LogP contribution in [0.15, 0.2) is 11.2 Å². The van der Waals surface area contributed by atoms with Crippen molar-refractivity contribution in [3.8, 4) is 0 Å². The van der Waals surface area contributed by atoms with Crippen molar-refractivity contribution in [3.05, 3.63) is 27.9 Å². The molecule has 0 bridgehead atoms. The zero-order valence-electron chi connectivity index (χ0n) is 7.55. The van der Waals surface area contributed by atoms with E-state index in [-0.39, 0.29) is 6.54 Å². The Morgan fingerprint density at radius 3 is 3.00 bits per heavy atom. The van der Waals surface area contributed by atoms with Crippen molar-refractivity contribution < 1.29 is 5.11 Å². The number of aliphatic hydroxyl groups is 1. The van der Waals surface area contributed by atoms with Crippen LogP contribution in [0.5, 0.6) is 0 Å². The summed E-state index contributed by atoms with van der Waals surface area (Å²) in [6.07, 6.45) is -0.558. The molecule has 6 heteroatoms. The van der Waals surface area contributed by atoms with Crippen LogP contribution in [0, 0.1) is 0 Å². The molecule has 13 heavy (non-hydrogen) atoms. The highest BCUT2D eigenvalue weighted by Crippen LogP contribution is 2.12. The van der Waals surface area contributed by atoms with Gasteiger partial charge in [0.25, 0.3) is 0 Å². The predicted octanol–water partition coefficient (Wildman–Crippen LogP) is 1.28. The molecule has 1 rings (SSSR count). The number of aliphatic hydroxyl groups excluding tert-OH is 1. The second-order valence-electron chi connectivity index (χ2n) is 2.75. The van der Waals surface area contributed by atoms with E-state index >= 15 is 0 Å². The summed E-state index contributed by atoms with van der Waals surface area (Å²) >= 11 is 0. The summed E-state index contributed by atoms with van der Waals surface area (Å²) in [6.45, 7) is 1.88. The zero-order chi connectivity index (χ0) is 9.84. The quantitative estimate of drug-likeness (QED) is 0.432. The van der Waals surface area contributed by atoms with E-state index in [0.29, 0.717) is 11.4 Å². The average molecular weight is 181 g/mol. The van der Waals surface area contributed by atoms with Crippen LogP contribution >= 0.6 is 0 Å². The van der Waals surface area contributed by atoms with E-state index in [2.05, 4.69) is 15.1 Å². The first-order valence-electron chi connectivity index (χ1n) is 3.87. The molecule has 0 saturated heterocycles. The molecule has 1 aromatic heterocycles. The number of nitrogens with zero attached hydrogens (tertiary/aromatic N) is 5. The highest BCUT2D eigenvalue weighted by atomic mass is 16.3. The lowest BCUT2D eigenvalue weighted by atomic mass is 10.2. The van der Waals surface area contributed by atoms with Crippen molar-refractivity contribution in [3.63, 3.8) is 0 Å². The van der Waals surface area contributed by atoms with Crippen molar-refractivity contribution >= 4 is 0 Å². The van der Waals surface area contributed by atoms with E-state index in [1.807, 2.05) is 0 Å². The third-order valence-electron chi connectivity index (χ3n) is 1.69. The third kappa shape index (κ3) is 2.21. The van der Waals surface area contributed by atoms with E-state index in [1.54, 1.807) is 24.7 Å². The molecule has 0 radical (unpaired) electrons. The number of aromatic nitrogens is 2. The third-order valence-corrected chi connectivity index (χ3v) is 1.69. The second kappa shape index (κ2) is 3.93. The summed E-state index contributed by atoms with van der Waals surface area (Å²) in [5.41, 5.74) is 9.46. The van der Waals surface area contributed by atoms with Crippen molar-refractivity contribution in [2.75, 3.05) is 0 Å². The minimum atomic E-state index is -0.558. The van der Waals surface area contributed by atoms with Gasteiger partial charge in [0.2, 0.25) is 0 Å². The van der Waals surface area contributed by atoms with E-state index in [1.165, 1.54) is 0 Å². The van der Waals surface area contributed by atoms with Gasteiger partial charge in [-0.1, -0.05) is 5.11 Å². The van der Waals surface area contributed by atoms with Crippen LogP contribution in [-0.4, -0.2) is 14.9 Å². The Balaban J connectivity index is 2.88. The van der Waals surface area contributed by atoms with Gasteiger partial charge < -0.3 is 5.11 Å². The number of hydrogen-bond donors (Lipinski definition) is 1. The summed E-state index contributed by atoms with van der Waals surface area (Å²) in [7, 11) is 1.74. The highest BCUT2D eigenvalue weighted by molar-refractivity contribution is 5.12. The van der Waals surface area contributed by atoms with Gasteiger partial charge in [0.05, 0.1) is 24.0 Å². The lowest BCUT2D eigenvalue weighted by molar-refractivity contribution is 0.189. The van der Waals surface area contributed by atoms with E-state index in [0.717, 1.165) is 0 Å². The fourth-order valence-electron chi connectivity index (χ4n) is 1.12. The van der Waals surface area contributed by atoms with Crippen LogP contribution < -0.4 is 0 Å². The summed E-state index contributed by atoms with van der Waals surface area (Å²) in [6, 6.07) is 1.72. The Kier molecular flexibility index (Phi) is 2.89. The van der Waals surface area contributed by atoms with Gasteiger partial charge in [0, 0.05) is 12.0 Å². The molecule has 1 aromatic rings. The van der Waals surface area contributed by atoms with Crippen LogP contribution in [0.1, 0.15) is 24.4 Å². The number of rotatable bonds is 3. The topological polar surface area (TPSA) is 86.8 Å². The van der Waals surface area contributed by atoms with Crippen molar-refractivity contribution in [1.82, 2.24) is 9.78 Å². The standard InChI is InChI=1S/C7H11N5O/c1-5(13)7-3-6(4-9-11-8)10-12(7)2/h3,5,13H,4H2,1-2H3. The van der Waals surface area contributed by atoms with Gasteiger partial charge in [-0.15, -0.1) is 0 Å². The molecular formula is C7H11N5O. The Hall–Kier alpha value is -1.52. The van der Waals surface area contributed by atoms with Gasteiger partial charge in [-0.2, -0.15) is 5.10 Å². The number of aryl methyl sites for hydroxylation is 1. The molecule has 0 aliphatic heterocycles. The lowest BCUT2D eigenvalue weighted by Gasteiger charge is -2.02. The number of hydrogen-bond acceptors (Lipinski definition) is 3. The maximum atomic E-state index is 9.28. The Labute approximate surface area is 75.4 Å². The molecular weight excluding hydrogens is 170 g/mol. The predicted molar refractivity (Wildman–Crippen MR) is 46.7 cm³/mol. The second-order valence-corrected chi connectivity index (χ2v) is 2.75. The maximum Gasteiger partial charge on any atom is 0.0928 e. The molecule has 6 nitrogen and oxygen atoms in total. The molecule has 1 heterocycles. The van der Waals surface area contributed by atoms with Gasteiger partial charge >= 0.3 is 0 Å². The molecule has 0 aromatic carbocycles. The van der Waals surface area contributed by atoms with Gasteiger partial charge in [-0.25, -0.2) is 0 Å². The fourth-order valence-corrected chi connectivity index (χ4v) is 1.12. The monoisotopic (exact) mass is 181 g/mol. The molecule has 70 valence electrons. The van der Waals surface area contributed by atoms with Gasteiger partial charge in [-0.05, 0) is 18.5 Å². The molecule has 1 atom stereocenters. The minimum absolute atomic E-state index is 0.219. The number of azide groups is 1. The fraction of sp³-hybridized carbons (Fsp3) is 0.571. The molecule has 1 N–H and O–H groups in total. The van der Waals surface area contributed by atoms with Crippen LogP contribution in [0.2, 0.25) is 0 Å². The molecule has 0 aliphatic carbocycles. The minimum Gasteiger partial charge on any atom is -0.387 e. The summed E-state index contributed by atoms with van der Waals surface area (Å²) in [5.74, 6) is 0. The highest BCUT2D eigenvalue weighted by Gasteiger charge is 2.08. The van der Waals surface area contributed by atoms with Gasteiger partial charge in [-0.3, -0.25) is 4.68 Å². The van der Waals surface area contributed by atoms with E-state index in [4.69, 9.17) is 5.53 Å². The van der Waals surface area contributed by atoms with Gasteiger partial charge in [0.15, 0.2) is 0 Å². The summed E-state index contributed by atoms with van der Waals surface area (Å²) in [4.78, 5) is 2.63. The Bertz CT molecular complexity index is 337. The van der Waals surface area contributed by atoms with Crippen molar-refractivity contribution in [2.45, 2.75) is 19.6 Å². The van der Waals surface area contributed by atoms with E-state index < -0.39 is 6.10 Å². The Morgan fingerprint density at radius 1 is 1.85 bits per heavy atom.